The predicted octanol–water partition coefficient (Wildman–Crippen LogP) is 6.09. The van der Waals surface area contributed by atoms with Crippen LogP contribution in [0.2, 0.25) is 0 Å². The van der Waals surface area contributed by atoms with Crippen LogP contribution in [-0.2, 0) is 13.0 Å². The molecule has 0 spiro atoms. The molecular formula is C25H24O3. The Labute approximate surface area is 164 Å². The number of benzene rings is 3. The van der Waals surface area contributed by atoms with Gasteiger partial charge in [-0.25, -0.2) is 4.79 Å². The van der Waals surface area contributed by atoms with Gasteiger partial charge in [0, 0.05) is 22.6 Å². The maximum absolute atomic E-state index is 12.0. The van der Waals surface area contributed by atoms with Gasteiger partial charge in [-0.05, 0) is 54.3 Å². The first-order valence-corrected chi connectivity index (χ1v) is 9.75. The fourth-order valence-electron chi connectivity index (χ4n) is 3.83. The third-order valence-electron chi connectivity index (χ3n) is 5.36. The molecule has 142 valence electrons. The van der Waals surface area contributed by atoms with E-state index in [1.165, 1.54) is 21.9 Å². The van der Waals surface area contributed by atoms with Crippen molar-refractivity contribution < 1.29 is 9.15 Å². The van der Waals surface area contributed by atoms with Crippen LogP contribution in [0.5, 0.6) is 5.75 Å². The zero-order valence-corrected chi connectivity index (χ0v) is 16.5. The van der Waals surface area contributed by atoms with Gasteiger partial charge in [0.2, 0.25) is 0 Å². The first-order valence-electron chi connectivity index (χ1n) is 9.75. The monoisotopic (exact) mass is 372 g/mol. The van der Waals surface area contributed by atoms with Crippen LogP contribution >= 0.6 is 0 Å². The zero-order chi connectivity index (χ0) is 19.7. The average Bonchev–Trinajstić information content (AvgIpc) is 2.69. The summed E-state index contributed by atoms with van der Waals surface area (Å²) in [6, 6.07) is 18.2. The van der Waals surface area contributed by atoms with Crippen LogP contribution in [-0.4, -0.2) is 0 Å². The van der Waals surface area contributed by atoms with E-state index in [1.54, 1.807) is 6.07 Å². The molecule has 0 bridgehead atoms. The quantitative estimate of drug-likeness (QED) is 0.398. The van der Waals surface area contributed by atoms with Gasteiger partial charge in [0.1, 0.15) is 17.9 Å². The smallest absolute Gasteiger partial charge is 0.336 e. The van der Waals surface area contributed by atoms with E-state index in [9.17, 15) is 4.79 Å². The summed E-state index contributed by atoms with van der Waals surface area (Å²) in [5.74, 6) is 0.747. The lowest BCUT2D eigenvalue weighted by atomic mass is 10.0. The third-order valence-corrected chi connectivity index (χ3v) is 5.36. The molecule has 3 nitrogen and oxygen atoms in total. The van der Waals surface area contributed by atoms with Gasteiger partial charge < -0.3 is 9.15 Å². The Morgan fingerprint density at radius 2 is 1.79 bits per heavy atom. The number of rotatable bonds is 5. The molecule has 1 aromatic heterocycles. The lowest BCUT2D eigenvalue weighted by molar-refractivity contribution is 0.304. The van der Waals surface area contributed by atoms with Crippen molar-refractivity contribution in [3.63, 3.8) is 0 Å². The van der Waals surface area contributed by atoms with E-state index in [0.717, 1.165) is 35.1 Å². The summed E-state index contributed by atoms with van der Waals surface area (Å²) in [6.07, 6.45) is 1.84. The Hall–Kier alpha value is -3.07. The molecule has 0 saturated heterocycles. The van der Waals surface area contributed by atoms with Crippen molar-refractivity contribution in [1.29, 1.82) is 0 Å². The number of hydrogen-bond acceptors (Lipinski definition) is 3. The van der Waals surface area contributed by atoms with Crippen molar-refractivity contribution in [2.45, 2.75) is 40.2 Å². The summed E-state index contributed by atoms with van der Waals surface area (Å²) in [4.78, 5) is 12.0. The van der Waals surface area contributed by atoms with E-state index in [2.05, 4.69) is 44.2 Å². The Morgan fingerprint density at radius 1 is 0.964 bits per heavy atom. The van der Waals surface area contributed by atoms with E-state index < -0.39 is 0 Å². The molecule has 0 aliphatic heterocycles. The normalized spacial score (nSPS) is 11.2. The number of fused-ring (bicyclic) bond motifs is 2. The summed E-state index contributed by atoms with van der Waals surface area (Å²) in [7, 11) is 0. The van der Waals surface area contributed by atoms with Crippen LogP contribution in [0.4, 0.5) is 0 Å². The number of aryl methyl sites for hydroxylation is 3. The van der Waals surface area contributed by atoms with E-state index in [1.807, 2.05) is 25.1 Å². The van der Waals surface area contributed by atoms with Gasteiger partial charge in [0.05, 0.1) is 0 Å². The van der Waals surface area contributed by atoms with Crippen molar-refractivity contribution in [2.24, 2.45) is 0 Å². The molecule has 4 aromatic rings. The molecule has 0 aliphatic rings. The Kier molecular flexibility index (Phi) is 4.91. The fraction of sp³-hybridized carbons (Fsp3) is 0.240. The number of hydrogen-bond donors (Lipinski definition) is 0. The highest BCUT2D eigenvalue weighted by atomic mass is 16.5. The van der Waals surface area contributed by atoms with Crippen LogP contribution in [0.15, 0.2) is 63.8 Å². The summed E-state index contributed by atoms with van der Waals surface area (Å²) < 4.78 is 11.7. The van der Waals surface area contributed by atoms with Gasteiger partial charge in [-0.3, -0.25) is 0 Å². The first-order chi connectivity index (χ1) is 13.6. The molecule has 3 aromatic carbocycles. The van der Waals surface area contributed by atoms with Gasteiger partial charge in [-0.2, -0.15) is 0 Å². The van der Waals surface area contributed by atoms with Crippen molar-refractivity contribution >= 4 is 21.7 Å². The molecule has 1 heterocycles. The van der Waals surface area contributed by atoms with Crippen molar-refractivity contribution in [3.8, 4) is 5.75 Å². The summed E-state index contributed by atoms with van der Waals surface area (Å²) in [6.45, 7) is 6.64. The predicted molar refractivity (Wildman–Crippen MR) is 114 cm³/mol. The maximum atomic E-state index is 12.0. The second-order valence-electron chi connectivity index (χ2n) is 7.28. The largest absolute Gasteiger partial charge is 0.488 e. The Morgan fingerprint density at radius 3 is 2.61 bits per heavy atom. The summed E-state index contributed by atoms with van der Waals surface area (Å²) in [5.41, 5.74) is 4.61. The first kappa shape index (κ1) is 18.3. The zero-order valence-electron chi connectivity index (χ0n) is 16.5. The summed E-state index contributed by atoms with van der Waals surface area (Å²) in [5, 5.41) is 3.41. The lowest BCUT2D eigenvalue weighted by Gasteiger charge is -2.15. The number of ether oxygens (including phenoxy) is 1. The molecule has 28 heavy (non-hydrogen) atoms. The van der Waals surface area contributed by atoms with Crippen LogP contribution in [0.25, 0.3) is 21.7 Å². The van der Waals surface area contributed by atoms with Gasteiger partial charge in [0.25, 0.3) is 0 Å². The van der Waals surface area contributed by atoms with Gasteiger partial charge in [-0.15, -0.1) is 0 Å². The highest BCUT2D eigenvalue weighted by Gasteiger charge is 2.13. The van der Waals surface area contributed by atoms with E-state index in [-0.39, 0.29) is 5.63 Å². The third kappa shape index (κ3) is 3.29. The van der Waals surface area contributed by atoms with E-state index in [0.29, 0.717) is 12.2 Å². The van der Waals surface area contributed by atoms with E-state index in [4.69, 9.17) is 9.15 Å². The SMILES string of the molecule is CCCc1cc(=O)oc2c(C)c(OCc3c(C)ccc4ccccc34)ccc12. The Bertz CT molecular complexity index is 1220. The standard InChI is InChI=1S/C25H24O3/c1-4-7-19-14-24(26)28-25-17(3)23(13-12-21(19)25)27-15-22-16(2)10-11-18-8-5-6-9-20(18)22/h5-6,8-14H,4,7,15H2,1-3H3. The minimum atomic E-state index is -0.305. The molecule has 0 aliphatic carbocycles. The van der Waals surface area contributed by atoms with E-state index >= 15 is 0 Å². The van der Waals surface area contributed by atoms with Crippen LogP contribution < -0.4 is 10.4 Å². The molecule has 0 unspecified atom stereocenters. The average molecular weight is 372 g/mol. The summed E-state index contributed by atoms with van der Waals surface area (Å²) >= 11 is 0. The fourth-order valence-corrected chi connectivity index (χ4v) is 3.83. The van der Waals surface area contributed by atoms with Gasteiger partial charge in [0.15, 0.2) is 0 Å². The second kappa shape index (κ2) is 7.51. The molecular weight excluding hydrogens is 348 g/mol. The molecule has 0 fully saturated rings. The minimum absolute atomic E-state index is 0.305. The molecule has 0 atom stereocenters. The van der Waals surface area contributed by atoms with Crippen LogP contribution in [0, 0.1) is 13.8 Å². The van der Waals surface area contributed by atoms with Gasteiger partial charge in [-0.1, -0.05) is 49.7 Å². The van der Waals surface area contributed by atoms with Crippen molar-refractivity contribution in [2.75, 3.05) is 0 Å². The minimum Gasteiger partial charge on any atom is -0.488 e. The van der Waals surface area contributed by atoms with Crippen LogP contribution in [0.3, 0.4) is 0 Å². The highest BCUT2D eigenvalue weighted by molar-refractivity contribution is 5.87. The Balaban J connectivity index is 1.73. The molecule has 4 rings (SSSR count). The van der Waals surface area contributed by atoms with Crippen molar-refractivity contribution in [1.82, 2.24) is 0 Å². The molecule has 0 saturated carbocycles. The molecule has 0 amide bonds. The molecule has 0 radical (unpaired) electrons. The van der Waals surface area contributed by atoms with Crippen LogP contribution in [0.1, 0.15) is 35.6 Å². The maximum Gasteiger partial charge on any atom is 0.336 e. The lowest BCUT2D eigenvalue weighted by Crippen LogP contribution is -2.04. The molecule has 3 heteroatoms. The van der Waals surface area contributed by atoms with Gasteiger partial charge >= 0.3 is 5.63 Å². The topological polar surface area (TPSA) is 39.4 Å². The second-order valence-corrected chi connectivity index (χ2v) is 7.28. The molecule has 0 N–H and O–H groups in total. The van der Waals surface area contributed by atoms with Crippen molar-refractivity contribution in [3.05, 3.63) is 87.3 Å². The highest BCUT2D eigenvalue weighted by Crippen LogP contribution is 2.30.